The van der Waals surface area contributed by atoms with Gasteiger partial charge in [-0.3, -0.25) is 4.79 Å². The molecule has 0 N–H and O–H groups in total. The molecule has 0 amide bonds. The minimum atomic E-state index is -0.749. The van der Waals surface area contributed by atoms with Gasteiger partial charge in [-0.25, -0.2) is 8.78 Å². The highest BCUT2D eigenvalue weighted by atomic mass is 35.5. The largest absolute Gasteiger partial charge is 0.294 e. The standard InChI is InChI=1S/C11H9ClF2O/c12-8-5-9(13)7(4-10(8)14)11(15)6-2-1-3-6/h4-6H,1-3H2. The van der Waals surface area contributed by atoms with Crippen molar-refractivity contribution in [2.75, 3.05) is 0 Å². The summed E-state index contributed by atoms with van der Waals surface area (Å²) >= 11 is 5.39. The zero-order valence-corrected chi connectivity index (χ0v) is 8.65. The molecule has 0 heterocycles. The summed E-state index contributed by atoms with van der Waals surface area (Å²) < 4.78 is 26.4. The van der Waals surface area contributed by atoms with Gasteiger partial charge in [0.2, 0.25) is 0 Å². The molecule has 1 saturated carbocycles. The highest BCUT2D eigenvalue weighted by Crippen LogP contribution is 2.31. The van der Waals surface area contributed by atoms with Crippen LogP contribution in [-0.4, -0.2) is 5.78 Å². The van der Waals surface area contributed by atoms with E-state index in [-0.39, 0.29) is 22.3 Å². The Kier molecular flexibility index (Phi) is 2.74. The molecule has 0 aromatic heterocycles. The minimum Gasteiger partial charge on any atom is -0.294 e. The Balaban J connectivity index is 2.34. The van der Waals surface area contributed by atoms with Crippen molar-refractivity contribution in [3.05, 3.63) is 34.4 Å². The first-order chi connectivity index (χ1) is 7.09. The minimum absolute atomic E-state index is 0.139. The van der Waals surface area contributed by atoms with Gasteiger partial charge < -0.3 is 0 Å². The molecule has 0 aliphatic heterocycles. The average Bonchev–Trinajstić information content (AvgIpc) is 2.08. The summed E-state index contributed by atoms with van der Waals surface area (Å²) in [5.41, 5.74) is -0.179. The van der Waals surface area contributed by atoms with Crippen LogP contribution in [0.3, 0.4) is 0 Å². The summed E-state index contributed by atoms with van der Waals surface area (Å²) in [5.74, 6) is -1.94. The molecule has 2 rings (SSSR count). The van der Waals surface area contributed by atoms with E-state index in [1.807, 2.05) is 0 Å². The van der Waals surface area contributed by atoms with Crippen molar-refractivity contribution in [1.82, 2.24) is 0 Å². The van der Waals surface area contributed by atoms with Crippen molar-refractivity contribution >= 4 is 17.4 Å². The van der Waals surface area contributed by atoms with Gasteiger partial charge in [-0.1, -0.05) is 18.0 Å². The van der Waals surface area contributed by atoms with Crippen LogP contribution in [0.2, 0.25) is 5.02 Å². The smallest absolute Gasteiger partial charge is 0.168 e. The predicted molar refractivity (Wildman–Crippen MR) is 53.0 cm³/mol. The maximum Gasteiger partial charge on any atom is 0.168 e. The molecular formula is C11H9ClF2O. The van der Waals surface area contributed by atoms with Crippen LogP contribution in [0.1, 0.15) is 29.6 Å². The fourth-order valence-corrected chi connectivity index (χ4v) is 1.75. The van der Waals surface area contributed by atoms with Crippen molar-refractivity contribution in [3.63, 3.8) is 0 Å². The normalized spacial score (nSPS) is 16.2. The van der Waals surface area contributed by atoms with Crippen molar-refractivity contribution < 1.29 is 13.6 Å². The number of hydrogen-bond acceptors (Lipinski definition) is 1. The van der Waals surface area contributed by atoms with E-state index in [0.717, 1.165) is 31.4 Å². The molecule has 0 spiro atoms. The summed E-state index contributed by atoms with van der Waals surface area (Å²) in [7, 11) is 0. The highest BCUT2D eigenvalue weighted by Gasteiger charge is 2.28. The molecule has 1 nitrogen and oxygen atoms in total. The molecule has 1 aliphatic carbocycles. The van der Waals surface area contributed by atoms with Gasteiger partial charge in [0.25, 0.3) is 0 Å². The molecule has 0 radical (unpaired) electrons. The van der Waals surface area contributed by atoms with Crippen molar-refractivity contribution in [3.8, 4) is 0 Å². The van der Waals surface area contributed by atoms with Gasteiger partial charge in [-0.2, -0.15) is 0 Å². The van der Waals surface area contributed by atoms with E-state index in [1.165, 1.54) is 0 Å². The number of halogens is 3. The number of ketones is 1. The second-order valence-corrected chi connectivity index (χ2v) is 4.15. The van der Waals surface area contributed by atoms with Gasteiger partial charge in [0, 0.05) is 5.92 Å². The molecule has 4 heteroatoms. The van der Waals surface area contributed by atoms with Gasteiger partial charge >= 0.3 is 0 Å². The van der Waals surface area contributed by atoms with Crippen LogP contribution in [0, 0.1) is 17.6 Å². The highest BCUT2D eigenvalue weighted by molar-refractivity contribution is 6.30. The maximum absolute atomic E-state index is 13.3. The van der Waals surface area contributed by atoms with Crippen LogP contribution in [0.25, 0.3) is 0 Å². The fourth-order valence-electron chi connectivity index (χ4n) is 1.60. The Hall–Kier alpha value is -0.960. The number of carbonyl (C=O) groups excluding carboxylic acids is 1. The first kappa shape index (κ1) is 10.6. The van der Waals surface area contributed by atoms with E-state index in [1.54, 1.807) is 0 Å². The second kappa shape index (κ2) is 3.89. The van der Waals surface area contributed by atoms with Crippen LogP contribution in [0.15, 0.2) is 12.1 Å². The lowest BCUT2D eigenvalue weighted by Crippen LogP contribution is -2.23. The molecule has 15 heavy (non-hydrogen) atoms. The van der Waals surface area contributed by atoms with Crippen molar-refractivity contribution in [2.45, 2.75) is 19.3 Å². The maximum atomic E-state index is 13.3. The van der Waals surface area contributed by atoms with Crippen LogP contribution in [0.4, 0.5) is 8.78 Å². The zero-order chi connectivity index (χ0) is 11.0. The molecular weight excluding hydrogens is 222 g/mol. The molecule has 1 fully saturated rings. The molecule has 80 valence electrons. The topological polar surface area (TPSA) is 17.1 Å². The van der Waals surface area contributed by atoms with Crippen LogP contribution < -0.4 is 0 Å². The summed E-state index contributed by atoms with van der Waals surface area (Å²) in [6.07, 6.45) is 2.51. The summed E-state index contributed by atoms with van der Waals surface area (Å²) in [4.78, 5) is 11.7. The second-order valence-electron chi connectivity index (χ2n) is 3.74. The van der Waals surface area contributed by atoms with Gasteiger partial charge in [0.1, 0.15) is 11.6 Å². The quantitative estimate of drug-likeness (QED) is 0.560. The fraction of sp³-hybridized carbons (Fsp3) is 0.364. The third kappa shape index (κ3) is 1.88. The lowest BCUT2D eigenvalue weighted by atomic mass is 9.80. The molecule has 1 aromatic rings. The molecule has 0 saturated heterocycles. The first-order valence-electron chi connectivity index (χ1n) is 4.78. The molecule has 1 aliphatic rings. The van der Waals surface area contributed by atoms with Crippen molar-refractivity contribution in [1.29, 1.82) is 0 Å². The van der Waals surface area contributed by atoms with E-state index in [0.29, 0.717) is 0 Å². The number of benzene rings is 1. The number of Topliss-reactive ketones (excluding diaryl/α,β-unsaturated/α-hetero) is 1. The predicted octanol–water partition coefficient (Wildman–Crippen LogP) is 3.60. The molecule has 0 bridgehead atoms. The summed E-state index contributed by atoms with van der Waals surface area (Å²) in [5, 5.41) is -0.294. The Labute approximate surface area is 91.0 Å². The van der Waals surface area contributed by atoms with E-state index in [4.69, 9.17) is 11.6 Å². The van der Waals surface area contributed by atoms with Crippen LogP contribution in [-0.2, 0) is 0 Å². The van der Waals surface area contributed by atoms with Crippen LogP contribution in [0.5, 0.6) is 0 Å². The lowest BCUT2D eigenvalue weighted by Gasteiger charge is -2.23. The van der Waals surface area contributed by atoms with Gasteiger partial charge in [-0.05, 0) is 25.0 Å². The zero-order valence-electron chi connectivity index (χ0n) is 7.90. The first-order valence-corrected chi connectivity index (χ1v) is 5.16. The average molecular weight is 231 g/mol. The van der Waals surface area contributed by atoms with E-state index in [9.17, 15) is 13.6 Å². The third-order valence-corrected chi connectivity index (χ3v) is 3.04. The van der Waals surface area contributed by atoms with Crippen LogP contribution >= 0.6 is 11.6 Å². The van der Waals surface area contributed by atoms with E-state index in [2.05, 4.69) is 0 Å². The Morgan fingerprint density at radius 2 is 1.93 bits per heavy atom. The molecule has 0 unspecified atom stereocenters. The van der Waals surface area contributed by atoms with E-state index >= 15 is 0 Å². The lowest BCUT2D eigenvalue weighted by molar-refractivity contribution is 0.0850. The number of hydrogen-bond donors (Lipinski definition) is 0. The van der Waals surface area contributed by atoms with Gasteiger partial charge in [-0.15, -0.1) is 0 Å². The van der Waals surface area contributed by atoms with Gasteiger partial charge in [0.05, 0.1) is 10.6 Å². The molecule has 0 atom stereocenters. The summed E-state index contributed by atoms with van der Waals surface area (Å²) in [6.45, 7) is 0. The Morgan fingerprint density at radius 1 is 1.27 bits per heavy atom. The summed E-state index contributed by atoms with van der Waals surface area (Å²) in [6, 6.07) is 1.74. The molecule has 1 aromatic carbocycles. The monoisotopic (exact) mass is 230 g/mol. The number of rotatable bonds is 2. The number of carbonyl (C=O) groups is 1. The Bertz CT molecular complexity index is 413. The van der Waals surface area contributed by atoms with E-state index < -0.39 is 11.6 Å². The Morgan fingerprint density at radius 3 is 2.47 bits per heavy atom. The van der Waals surface area contributed by atoms with Crippen molar-refractivity contribution in [2.24, 2.45) is 5.92 Å². The SMILES string of the molecule is O=C(c1cc(F)c(Cl)cc1F)C1CCC1. The third-order valence-electron chi connectivity index (χ3n) is 2.75. The van der Waals surface area contributed by atoms with Gasteiger partial charge in [0.15, 0.2) is 5.78 Å².